The molecule has 4 aromatic rings. The van der Waals surface area contributed by atoms with Gasteiger partial charge in [-0.2, -0.15) is 5.10 Å². The fourth-order valence-electron chi connectivity index (χ4n) is 2.92. The molecule has 0 radical (unpaired) electrons. The minimum Gasteiger partial charge on any atom is -0.497 e. The molecule has 0 spiro atoms. The van der Waals surface area contributed by atoms with Gasteiger partial charge in [-0.25, -0.2) is 4.98 Å². The van der Waals surface area contributed by atoms with Crippen LogP contribution in [0.2, 0.25) is 0 Å². The van der Waals surface area contributed by atoms with Crippen molar-refractivity contribution in [1.82, 2.24) is 14.8 Å². The molecule has 146 valence electrons. The van der Waals surface area contributed by atoms with E-state index < -0.39 is 0 Å². The first-order valence-electron chi connectivity index (χ1n) is 9.09. The first kappa shape index (κ1) is 18.9. The molecular weight excluding hydrogens is 384 g/mol. The summed E-state index contributed by atoms with van der Waals surface area (Å²) in [6, 6.07) is 15.6. The van der Waals surface area contributed by atoms with Crippen molar-refractivity contribution >= 4 is 38.7 Å². The summed E-state index contributed by atoms with van der Waals surface area (Å²) in [5, 5.41) is 4.78. The second-order valence-corrected chi connectivity index (χ2v) is 7.53. The highest BCUT2D eigenvalue weighted by atomic mass is 32.1. The average Bonchev–Trinajstić information content (AvgIpc) is 3.36. The average molecular weight is 404 g/mol. The first-order chi connectivity index (χ1) is 14.1. The zero-order chi connectivity index (χ0) is 20.2. The van der Waals surface area contributed by atoms with Gasteiger partial charge in [0.25, 0.3) is 5.91 Å². The summed E-state index contributed by atoms with van der Waals surface area (Å²) in [5.74, 6) is 0.633. The molecular formula is C22H20N4O2S. The normalized spacial score (nSPS) is 11.2. The first-order valence-corrected chi connectivity index (χ1v) is 9.91. The fraction of sp³-hybridized carbons (Fsp3) is 0.136. The molecule has 2 aromatic heterocycles. The monoisotopic (exact) mass is 404 g/mol. The second-order valence-electron chi connectivity index (χ2n) is 6.52. The highest BCUT2D eigenvalue weighted by Gasteiger charge is 2.18. The van der Waals surface area contributed by atoms with Gasteiger partial charge in [0.15, 0.2) is 5.13 Å². The van der Waals surface area contributed by atoms with Crippen LogP contribution in [-0.4, -0.2) is 27.8 Å². The van der Waals surface area contributed by atoms with E-state index in [0.717, 1.165) is 27.1 Å². The van der Waals surface area contributed by atoms with Crippen molar-refractivity contribution in [3.05, 3.63) is 78.1 Å². The van der Waals surface area contributed by atoms with E-state index in [9.17, 15) is 4.79 Å². The Balaban J connectivity index is 1.67. The maximum atomic E-state index is 13.1. The Labute approximate surface area is 172 Å². The number of thiazole rings is 1. The van der Waals surface area contributed by atoms with Gasteiger partial charge in [-0.05, 0) is 29.8 Å². The van der Waals surface area contributed by atoms with Crippen LogP contribution in [0.1, 0.15) is 11.1 Å². The number of anilines is 1. The van der Waals surface area contributed by atoms with Gasteiger partial charge in [0.05, 0.1) is 30.1 Å². The lowest BCUT2D eigenvalue weighted by molar-refractivity contribution is -0.114. The van der Waals surface area contributed by atoms with Crippen molar-refractivity contribution in [3.63, 3.8) is 0 Å². The molecule has 1 amide bonds. The third kappa shape index (κ3) is 4.35. The molecule has 0 aliphatic carbocycles. The molecule has 0 saturated heterocycles. The predicted molar refractivity (Wildman–Crippen MR) is 116 cm³/mol. The maximum Gasteiger partial charge on any atom is 0.253 e. The maximum absolute atomic E-state index is 13.1. The van der Waals surface area contributed by atoms with Gasteiger partial charge in [0.1, 0.15) is 5.75 Å². The minimum absolute atomic E-state index is 0.135. The number of nitrogens with zero attached hydrogens (tertiary/aromatic N) is 4. The molecule has 0 fully saturated rings. The van der Waals surface area contributed by atoms with E-state index in [4.69, 9.17) is 4.74 Å². The molecule has 0 atom stereocenters. The number of amides is 1. The SMILES string of the molecule is COc1ccc2nc(N(Cc3ccccc3)C(=O)C=Cc3cnn(C)c3)sc2c1. The van der Waals surface area contributed by atoms with Crippen LogP contribution in [0.25, 0.3) is 16.3 Å². The van der Waals surface area contributed by atoms with E-state index in [1.54, 1.807) is 35.0 Å². The fourth-order valence-corrected chi connectivity index (χ4v) is 3.92. The van der Waals surface area contributed by atoms with E-state index in [0.29, 0.717) is 11.7 Å². The largest absolute Gasteiger partial charge is 0.497 e. The Kier molecular flexibility index (Phi) is 5.39. The molecule has 2 heterocycles. The quantitative estimate of drug-likeness (QED) is 0.450. The number of fused-ring (bicyclic) bond motifs is 1. The topological polar surface area (TPSA) is 60.2 Å². The van der Waals surface area contributed by atoms with Crippen LogP contribution in [0, 0.1) is 0 Å². The molecule has 4 rings (SSSR count). The lowest BCUT2D eigenvalue weighted by Gasteiger charge is -2.18. The number of carbonyl (C=O) groups excluding carboxylic acids is 1. The zero-order valence-electron chi connectivity index (χ0n) is 16.1. The summed E-state index contributed by atoms with van der Waals surface area (Å²) in [6.07, 6.45) is 6.90. The van der Waals surface area contributed by atoms with Crippen molar-refractivity contribution < 1.29 is 9.53 Å². The van der Waals surface area contributed by atoms with E-state index >= 15 is 0 Å². The van der Waals surface area contributed by atoms with Gasteiger partial charge in [-0.15, -0.1) is 0 Å². The minimum atomic E-state index is -0.135. The van der Waals surface area contributed by atoms with Crippen molar-refractivity contribution in [2.75, 3.05) is 12.0 Å². The number of ether oxygens (including phenoxy) is 1. The lowest BCUT2D eigenvalue weighted by atomic mass is 10.2. The van der Waals surface area contributed by atoms with Crippen molar-refractivity contribution in [2.45, 2.75) is 6.54 Å². The smallest absolute Gasteiger partial charge is 0.253 e. The van der Waals surface area contributed by atoms with Crippen LogP contribution in [0.15, 0.2) is 67.0 Å². The summed E-state index contributed by atoms with van der Waals surface area (Å²) >= 11 is 1.47. The molecule has 2 aromatic carbocycles. The Bertz CT molecular complexity index is 1160. The number of hydrogen-bond acceptors (Lipinski definition) is 5. The van der Waals surface area contributed by atoms with Crippen molar-refractivity contribution in [2.24, 2.45) is 7.05 Å². The molecule has 0 unspecified atom stereocenters. The van der Waals surface area contributed by atoms with Crippen LogP contribution in [-0.2, 0) is 18.4 Å². The third-order valence-electron chi connectivity index (χ3n) is 4.41. The van der Waals surface area contributed by atoms with Crippen LogP contribution < -0.4 is 9.64 Å². The van der Waals surface area contributed by atoms with E-state index in [1.165, 1.54) is 11.3 Å². The molecule has 0 aliphatic heterocycles. The second kappa shape index (κ2) is 8.28. The van der Waals surface area contributed by atoms with Gasteiger partial charge >= 0.3 is 0 Å². The predicted octanol–water partition coefficient (Wildman–Crippen LogP) is 4.29. The number of methoxy groups -OCH3 is 1. The molecule has 0 bridgehead atoms. The van der Waals surface area contributed by atoms with E-state index in [1.807, 2.05) is 61.8 Å². The molecule has 7 heteroatoms. The van der Waals surface area contributed by atoms with E-state index in [-0.39, 0.29) is 5.91 Å². The highest BCUT2D eigenvalue weighted by Crippen LogP contribution is 2.32. The van der Waals surface area contributed by atoms with Gasteiger partial charge in [0, 0.05) is 24.9 Å². The molecule has 6 nitrogen and oxygen atoms in total. The van der Waals surface area contributed by atoms with Crippen LogP contribution in [0.5, 0.6) is 5.75 Å². The zero-order valence-corrected chi connectivity index (χ0v) is 17.0. The van der Waals surface area contributed by atoms with Crippen LogP contribution in [0.3, 0.4) is 0 Å². The Hall–Kier alpha value is -3.45. The number of carbonyl (C=O) groups is 1. The number of hydrogen-bond donors (Lipinski definition) is 0. The number of rotatable bonds is 6. The third-order valence-corrected chi connectivity index (χ3v) is 5.45. The van der Waals surface area contributed by atoms with Gasteiger partial charge in [0.2, 0.25) is 0 Å². The summed E-state index contributed by atoms with van der Waals surface area (Å²) < 4.78 is 7.98. The molecule has 0 saturated carbocycles. The number of aryl methyl sites for hydroxylation is 1. The van der Waals surface area contributed by atoms with Gasteiger partial charge in [-0.1, -0.05) is 41.7 Å². The Morgan fingerprint density at radius 3 is 2.79 bits per heavy atom. The van der Waals surface area contributed by atoms with Crippen LogP contribution in [0.4, 0.5) is 5.13 Å². The van der Waals surface area contributed by atoms with Crippen molar-refractivity contribution in [1.29, 1.82) is 0 Å². The van der Waals surface area contributed by atoms with E-state index in [2.05, 4.69) is 10.1 Å². The van der Waals surface area contributed by atoms with Crippen molar-refractivity contribution in [3.8, 4) is 5.75 Å². The molecule has 0 aliphatic rings. The standard InChI is InChI=1S/C22H20N4O2S/c1-25-14-17(13-23-25)8-11-21(27)26(15-16-6-4-3-5-7-16)22-24-19-10-9-18(28-2)12-20(19)29-22/h3-14H,15H2,1-2H3. The Morgan fingerprint density at radius 1 is 1.24 bits per heavy atom. The number of aromatic nitrogens is 3. The Morgan fingerprint density at radius 2 is 2.07 bits per heavy atom. The number of benzene rings is 2. The molecule has 29 heavy (non-hydrogen) atoms. The van der Waals surface area contributed by atoms with Gasteiger partial charge < -0.3 is 4.74 Å². The van der Waals surface area contributed by atoms with Crippen LogP contribution >= 0.6 is 11.3 Å². The lowest BCUT2D eigenvalue weighted by Crippen LogP contribution is -2.28. The summed E-state index contributed by atoms with van der Waals surface area (Å²) in [4.78, 5) is 19.5. The highest BCUT2D eigenvalue weighted by molar-refractivity contribution is 7.22. The summed E-state index contributed by atoms with van der Waals surface area (Å²) in [5.41, 5.74) is 2.75. The summed E-state index contributed by atoms with van der Waals surface area (Å²) in [6.45, 7) is 0.439. The summed E-state index contributed by atoms with van der Waals surface area (Å²) in [7, 11) is 3.48. The van der Waals surface area contributed by atoms with Gasteiger partial charge in [-0.3, -0.25) is 14.4 Å². The molecule has 0 N–H and O–H groups in total.